The van der Waals surface area contributed by atoms with Crippen molar-refractivity contribution < 1.29 is 8.42 Å². The van der Waals surface area contributed by atoms with E-state index >= 15 is 0 Å². The molecule has 20 heavy (non-hydrogen) atoms. The number of fused-ring (bicyclic) bond motifs is 2. The molecule has 2 atom stereocenters. The summed E-state index contributed by atoms with van der Waals surface area (Å²) >= 11 is 10.0. The molecular weight excluding hydrogens is 474 g/mol. The minimum atomic E-state index is -3.58. The molecule has 1 fully saturated rings. The Hall–Kier alpha value is 0.310. The smallest absolute Gasteiger partial charge is 0.207 e. The van der Waals surface area contributed by atoms with Gasteiger partial charge >= 0.3 is 0 Å². The lowest BCUT2D eigenvalue weighted by Gasteiger charge is -2.25. The van der Waals surface area contributed by atoms with Gasteiger partial charge in [0.1, 0.15) is 4.90 Å². The van der Waals surface area contributed by atoms with Crippen LogP contribution in [0.5, 0.6) is 0 Å². The summed E-state index contributed by atoms with van der Waals surface area (Å²) in [5.74, 6) is 0.523. The molecule has 3 nitrogen and oxygen atoms in total. The molecule has 0 radical (unpaired) electrons. The number of rotatable bonds is 3. The summed E-state index contributed by atoms with van der Waals surface area (Å²) in [6, 6.07) is 3.47. The molecule has 2 bridgehead atoms. The lowest BCUT2D eigenvalue weighted by atomic mass is 10.0. The molecule has 3 rings (SSSR count). The van der Waals surface area contributed by atoms with Gasteiger partial charge in [0.25, 0.3) is 0 Å². The summed E-state index contributed by atoms with van der Waals surface area (Å²) in [7, 11) is -3.58. The van der Waals surface area contributed by atoms with Crippen LogP contribution in [0.4, 0.5) is 0 Å². The fourth-order valence-corrected chi connectivity index (χ4v) is 8.04. The maximum absolute atomic E-state index is 12.7. The number of allylic oxidation sites excluding steroid dienone is 1. The van der Waals surface area contributed by atoms with Crippen molar-refractivity contribution in [1.82, 2.24) is 4.72 Å². The van der Waals surface area contributed by atoms with Crippen LogP contribution in [-0.4, -0.2) is 14.0 Å². The van der Waals surface area contributed by atoms with Crippen molar-refractivity contribution in [3.05, 3.63) is 37.7 Å². The second-order valence-corrected chi connectivity index (χ2v) is 9.57. The van der Waals surface area contributed by atoms with E-state index in [-0.39, 0.29) is 4.90 Å². The third kappa shape index (κ3) is 2.67. The topological polar surface area (TPSA) is 46.2 Å². The van der Waals surface area contributed by atoms with Crippen molar-refractivity contribution in [2.75, 3.05) is 0 Å². The summed E-state index contributed by atoms with van der Waals surface area (Å²) in [4.78, 5) is 0.249. The first-order valence-electron chi connectivity index (χ1n) is 6.19. The van der Waals surface area contributed by atoms with Crippen molar-refractivity contribution in [1.29, 1.82) is 0 Å². The van der Waals surface area contributed by atoms with Crippen LogP contribution >= 0.6 is 47.8 Å². The number of nitrogens with one attached hydrogen (secondary N) is 1. The first-order chi connectivity index (χ1) is 9.31. The van der Waals surface area contributed by atoms with Gasteiger partial charge in [-0.3, -0.25) is 0 Å². The summed E-state index contributed by atoms with van der Waals surface area (Å²) < 4.78 is 30.2. The van der Waals surface area contributed by atoms with Crippen molar-refractivity contribution in [3.63, 3.8) is 0 Å². The van der Waals surface area contributed by atoms with E-state index in [0.717, 1.165) is 23.7 Å². The van der Waals surface area contributed by atoms with Crippen molar-refractivity contribution in [2.24, 2.45) is 5.92 Å². The SMILES string of the molecule is O=S(=O)(NC12C=CC(CC1)C2)c1c(Br)cc(Br)cc1Br. The van der Waals surface area contributed by atoms with E-state index in [2.05, 4.69) is 58.6 Å². The summed E-state index contributed by atoms with van der Waals surface area (Å²) in [6.07, 6.45) is 6.94. The molecule has 0 aliphatic heterocycles. The lowest BCUT2D eigenvalue weighted by molar-refractivity contribution is 0.480. The zero-order chi connectivity index (χ0) is 14.5. The highest BCUT2D eigenvalue weighted by Crippen LogP contribution is 2.44. The van der Waals surface area contributed by atoms with Crippen LogP contribution in [0.25, 0.3) is 0 Å². The largest absolute Gasteiger partial charge is 0.243 e. The van der Waals surface area contributed by atoms with Gasteiger partial charge in [0.2, 0.25) is 10.0 Å². The maximum atomic E-state index is 12.7. The van der Waals surface area contributed by atoms with Crippen molar-refractivity contribution in [2.45, 2.75) is 29.7 Å². The number of sulfonamides is 1. The molecule has 0 heterocycles. The maximum Gasteiger partial charge on any atom is 0.243 e. The Kier molecular flexibility index (Phi) is 3.95. The fourth-order valence-electron chi connectivity index (χ4n) is 2.98. The molecule has 2 aliphatic rings. The predicted molar refractivity (Wildman–Crippen MR) is 89.1 cm³/mol. The first-order valence-corrected chi connectivity index (χ1v) is 10.1. The highest BCUT2D eigenvalue weighted by molar-refractivity contribution is 9.11. The molecule has 1 N–H and O–H groups in total. The van der Waals surface area contributed by atoms with E-state index in [1.807, 2.05) is 6.08 Å². The number of hydrogen-bond acceptors (Lipinski definition) is 2. The molecule has 2 aliphatic carbocycles. The zero-order valence-corrected chi connectivity index (χ0v) is 15.9. The second-order valence-electron chi connectivity index (χ2n) is 5.32. The molecule has 2 unspecified atom stereocenters. The average Bonchev–Trinajstić information content (AvgIpc) is 2.85. The molecule has 7 heteroatoms. The van der Waals surface area contributed by atoms with Crippen molar-refractivity contribution in [3.8, 4) is 0 Å². The first kappa shape index (κ1) is 15.2. The highest BCUT2D eigenvalue weighted by Gasteiger charge is 2.44. The van der Waals surface area contributed by atoms with Gasteiger partial charge < -0.3 is 0 Å². The molecular formula is C13H12Br3NO2S. The van der Waals surface area contributed by atoms with Crippen LogP contribution in [0, 0.1) is 5.92 Å². The van der Waals surface area contributed by atoms with Crippen LogP contribution in [0.1, 0.15) is 19.3 Å². The Bertz CT molecular complexity index is 679. The third-order valence-corrected chi connectivity index (χ3v) is 7.73. The van der Waals surface area contributed by atoms with E-state index in [1.165, 1.54) is 0 Å². The third-order valence-electron chi connectivity index (χ3n) is 3.84. The van der Waals surface area contributed by atoms with Gasteiger partial charge in [0.05, 0.1) is 5.54 Å². The van der Waals surface area contributed by atoms with Crippen molar-refractivity contribution >= 4 is 57.8 Å². The Morgan fingerprint density at radius 2 is 1.85 bits per heavy atom. The molecule has 0 aromatic heterocycles. The zero-order valence-electron chi connectivity index (χ0n) is 10.4. The van der Waals surface area contributed by atoms with Crippen LogP contribution in [0.15, 0.2) is 42.6 Å². The lowest BCUT2D eigenvalue weighted by Crippen LogP contribution is -2.44. The molecule has 0 saturated heterocycles. The fraction of sp³-hybridized carbons (Fsp3) is 0.385. The van der Waals surface area contributed by atoms with Crippen LogP contribution < -0.4 is 4.72 Å². The Labute approximate surface area is 143 Å². The minimum absolute atomic E-state index is 0.249. The van der Waals surface area contributed by atoms with E-state index < -0.39 is 15.6 Å². The number of halogens is 3. The van der Waals surface area contributed by atoms with E-state index in [0.29, 0.717) is 14.9 Å². The van der Waals surface area contributed by atoms with Crippen LogP contribution in [0.3, 0.4) is 0 Å². The molecule has 0 spiro atoms. The normalized spacial score (nSPS) is 28.2. The number of hydrogen-bond donors (Lipinski definition) is 1. The number of benzene rings is 1. The molecule has 1 aromatic rings. The molecule has 1 saturated carbocycles. The Balaban J connectivity index is 1.99. The molecule has 108 valence electrons. The summed E-state index contributed by atoms with van der Waals surface area (Å²) in [6.45, 7) is 0. The van der Waals surface area contributed by atoms with E-state index in [1.54, 1.807) is 12.1 Å². The monoisotopic (exact) mass is 483 g/mol. The van der Waals surface area contributed by atoms with Gasteiger partial charge in [-0.1, -0.05) is 28.1 Å². The van der Waals surface area contributed by atoms with E-state index in [9.17, 15) is 8.42 Å². The Morgan fingerprint density at radius 3 is 2.30 bits per heavy atom. The van der Waals surface area contributed by atoms with Gasteiger partial charge in [0, 0.05) is 13.4 Å². The molecule has 1 aromatic carbocycles. The minimum Gasteiger partial charge on any atom is -0.207 e. The van der Waals surface area contributed by atoms with Gasteiger partial charge in [-0.25, -0.2) is 13.1 Å². The Morgan fingerprint density at radius 1 is 1.20 bits per heavy atom. The highest BCUT2D eigenvalue weighted by atomic mass is 79.9. The molecule has 0 amide bonds. The summed E-state index contributed by atoms with van der Waals surface area (Å²) in [5, 5.41) is 0. The van der Waals surface area contributed by atoms with Crippen LogP contribution in [-0.2, 0) is 10.0 Å². The average molecular weight is 486 g/mol. The van der Waals surface area contributed by atoms with Crippen LogP contribution in [0.2, 0.25) is 0 Å². The van der Waals surface area contributed by atoms with E-state index in [4.69, 9.17) is 0 Å². The van der Waals surface area contributed by atoms with Gasteiger partial charge in [-0.15, -0.1) is 0 Å². The van der Waals surface area contributed by atoms with Gasteiger partial charge in [-0.05, 0) is 69.2 Å². The standard InChI is InChI=1S/C13H12Br3NO2S/c14-9-5-10(15)12(11(16)6-9)20(18,19)17-13-3-1-8(7-13)2-4-13/h1,3,5-6,8,17H,2,4,7H2. The summed E-state index contributed by atoms with van der Waals surface area (Å²) in [5.41, 5.74) is -0.393. The van der Waals surface area contributed by atoms with Gasteiger partial charge in [-0.2, -0.15) is 0 Å². The predicted octanol–water partition coefficient (Wildman–Crippen LogP) is 4.36. The van der Waals surface area contributed by atoms with Gasteiger partial charge in [0.15, 0.2) is 0 Å². The second kappa shape index (κ2) is 5.19. The quantitative estimate of drug-likeness (QED) is 0.646.